The van der Waals surface area contributed by atoms with Crippen LogP contribution in [-0.4, -0.2) is 15.0 Å². The fraction of sp³-hybridized carbons (Fsp3) is 0.364. The van der Waals surface area contributed by atoms with Gasteiger partial charge in [0.05, 0.1) is 0 Å². The maximum absolute atomic E-state index is 2.51. The van der Waals surface area contributed by atoms with Crippen molar-refractivity contribution >= 4 is 19.4 Å². The van der Waals surface area contributed by atoms with E-state index in [-0.39, 0.29) is 0 Å². The molecule has 0 N–H and O–H groups in total. The Morgan fingerprint density at radius 2 is 2.00 bits per heavy atom. The summed E-state index contributed by atoms with van der Waals surface area (Å²) >= 11 is 0.692. The summed E-state index contributed by atoms with van der Waals surface area (Å²) in [6.07, 6.45) is 6.69. The molecule has 2 rings (SSSR count). The van der Waals surface area contributed by atoms with Crippen molar-refractivity contribution in [2.75, 3.05) is 0 Å². The van der Waals surface area contributed by atoms with Crippen molar-refractivity contribution in [3.05, 3.63) is 36.8 Å². The Bertz CT molecular complexity index is 224. The van der Waals surface area contributed by atoms with E-state index in [9.17, 15) is 0 Å². The predicted molar refractivity (Wildman–Crippen MR) is 53.7 cm³/mol. The molecule has 12 heavy (non-hydrogen) atoms. The van der Waals surface area contributed by atoms with Crippen molar-refractivity contribution in [1.29, 1.82) is 0 Å². The Labute approximate surface area is 80.5 Å². The van der Waals surface area contributed by atoms with Crippen LogP contribution in [0, 0.1) is 6.42 Å². The van der Waals surface area contributed by atoms with Crippen LogP contribution in [0.4, 0.5) is 0 Å². The molecule has 1 aliphatic carbocycles. The van der Waals surface area contributed by atoms with Gasteiger partial charge in [0.15, 0.2) is 0 Å². The van der Waals surface area contributed by atoms with E-state index in [4.69, 9.17) is 0 Å². The third-order valence-corrected chi connectivity index (χ3v) is 4.83. The van der Waals surface area contributed by atoms with E-state index in [0.29, 0.717) is 15.0 Å². The summed E-state index contributed by atoms with van der Waals surface area (Å²) in [7, 11) is 0. The summed E-state index contributed by atoms with van der Waals surface area (Å²) in [5.41, 5.74) is 0. The van der Waals surface area contributed by atoms with Crippen LogP contribution in [0.1, 0.15) is 19.3 Å². The zero-order valence-electron chi connectivity index (χ0n) is 7.07. The molecule has 0 bridgehead atoms. The second-order valence-electron chi connectivity index (χ2n) is 3.14. The molecule has 1 unspecified atom stereocenters. The Morgan fingerprint density at radius 1 is 1.17 bits per heavy atom. The molecule has 1 aliphatic rings. The third-order valence-electron chi connectivity index (χ3n) is 2.15. The molecular formula is C11H13Se. The Balaban J connectivity index is 1.94. The van der Waals surface area contributed by atoms with Gasteiger partial charge in [-0.3, -0.25) is 0 Å². The van der Waals surface area contributed by atoms with Gasteiger partial charge in [-0.1, -0.05) is 0 Å². The molecule has 0 nitrogen and oxygen atoms in total. The number of benzene rings is 1. The molecule has 0 aliphatic heterocycles. The van der Waals surface area contributed by atoms with Gasteiger partial charge in [-0.15, -0.1) is 0 Å². The molecular weight excluding hydrogens is 211 g/mol. The molecule has 1 atom stereocenters. The summed E-state index contributed by atoms with van der Waals surface area (Å²) < 4.78 is 1.55. The Morgan fingerprint density at radius 3 is 2.67 bits per heavy atom. The fourth-order valence-corrected chi connectivity index (χ4v) is 4.00. The summed E-state index contributed by atoms with van der Waals surface area (Å²) in [5.74, 6) is 0. The first-order valence-electron chi connectivity index (χ1n) is 4.50. The van der Waals surface area contributed by atoms with Gasteiger partial charge in [0, 0.05) is 0 Å². The van der Waals surface area contributed by atoms with Crippen LogP contribution in [0.15, 0.2) is 30.3 Å². The zero-order chi connectivity index (χ0) is 8.23. The van der Waals surface area contributed by atoms with Crippen molar-refractivity contribution in [3.63, 3.8) is 0 Å². The van der Waals surface area contributed by atoms with Gasteiger partial charge in [-0.2, -0.15) is 0 Å². The topological polar surface area (TPSA) is 0 Å². The number of rotatable bonds is 2. The van der Waals surface area contributed by atoms with E-state index >= 15 is 0 Å². The van der Waals surface area contributed by atoms with E-state index in [2.05, 4.69) is 36.8 Å². The number of hydrogen-bond donors (Lipinski definition) is 0. The van der Waals surface area contributed by atoms with Gasteiger partial charge in [0.1, 0.15) is 0 Å². The average Bonchev–Trinajstić information content (AvgIpc) is 2.59. The van der Waals surface area contributed by atoms with Crippen molar-refractivity contribution in [2.24, 2.45) is 0 Å². The molecule has 1 fully saturated rings. The molecule has 0 aromatic heterocycles. The maximum atomic E-state index is 2.51. The number of hydrogen-bond acceptors (Lipinski definition) is 0. The summed E-state index contributed by atoms with van der Waals surface area (Å²) in [5, 5.41) is 0. The standard InChI is InChI=1S/C11H13Se/c1-2-6-10(7-3-1)12-11-8-4-5-9-11/h1-3,6-8,11H,4-5,9H2. The van der Waals surface area contributed by atoms with Crippen molar-refractivity contribution in [3.8, 4) is 0 Å². The molecule has 0 saturated heterocycles. The van der Waals surface area contributed by atoms with E-state index in [1.807, 2.05) is 0 Å². The average molecular weight is 224 g/mol. The fourth-order valence-electron chi connectivity index (χ4n) is 1.52. The van der Waals surface area contributed by atoms with Crippen LogP contribution >= 0.6 is 0 Å². The third kappa shape index (κ3) is 2.12. The monoisotopic (exact) mass is 225 g/mol. The van der Waals surface area contributed by atoms with Crippen molar-refractivity contribution < 1.29 is 0 Å². The second-order valence-corrected chi connectivity index (χ2v) is 5.89. The van der Waals surface area contributed by atoms with Gasteiger partial charge < -0.3 is 0 Å². The molecule has 0 spiro atoms. The van der Waals surface area contributed by atoms with Gasteiger partial charge in [0.25, 0.3) is 0 Å². The van der Waals surface area contributed by atoms with Crippen molar-refractivity contribution in [2.45, 2.75) is 24.1 Å². The molecule has 0 heterocycles. The molecule has 63 valence electrons. The second kappa shape index (κ2) is 4.11. The quantitative estimate of drug-likeness (QED) is 0.675. The minimum absolute atomic E-state index is 0.692. The molecule has 1 saturated carbocycles. The van der Waals surface area contributed by atoms with Crippen LogP contribution in [-0.2, 0) is 0 Å². The Kier molecular flexibility index (Phi) is 2.86. The van der Waals surface area contributed by atoms with E-state index in [0.717, 1.165) is 4.82 Å². The first-order chi connectivity index (χ1) is 5.95. The van der Waals surface area contributed by atoms with Crippen LogP contribution in [0.5, 0.6) is 0 Å². The summed E-state index contributed by atoms with van der Waals surface area (Å²) in [6.45, 7) is 0. The van der Waals surface area contributed by atoms with Crippen molar-refractivity contribution in [1.82, 2.24) is 0 Å². The van der Waals surface area contributed by atoms with E-state index < -0.39 is 0 Å². The molecule has 1 aromatic rings. The van der Waals surface area contributed by atoms with Crippen LogP contribution in [0.3, 0.4) is 0 Å². The van der Waals surface area contributed by atoms with E-state index in [1.165, 1.54) is 19.3 Å². The Hall–Kier alpha value is -0.261. The van der Waals surface area contributed by atoms with Gasteiger partial charge in [0.2, 0.25) is 0 Å². The zero-order valence-corrected chi connectivity index (χ0v) is 8.78. The van der Waals surface area contributed by atoms with Crippen LogP contribution < -0.4 is 4.46 Å². The van der Waals surface area contributed by atoms with Crippen LogP contribution in [0.25, 0.3) is 0 Å². The molecule has 1 radical (unpaired) electrons. The van der Waals surface area contributed by atoms with Gasteiger partial charge in [-0.05, 0) is 0 Å². The summed E-state index contributed by atoms with van der Waals surface area (Å²) in [6, 6.07) is 10.9. The van der Waals surface area contributed by atoms with E-state index in [1.54, 1.807) is 4.46 Å². The normalized spacial score (nSPS) is 18.3. The molecule has 1 aromatic carbocycles. The van der Waals surface area contributed by atoms with Gasteiger partial charge >= 0.3 is 80.3 Å². The minimum atomic E-state index is 0.692. The molecule has 1 heteroatoms. The predicted octanol–water partition coefficient (Wildman–Crippen LogP) is 2.19. The van der Waals surface area contributed by atoms with Crippen LogP contribution in [0.2, 0.25) is 4.82 Å². The first-order valence-corrected chi connectivity index (χ1v) is 6.35. The summed E-state index contributed by atoms with van der Waals surface area (Å²) in [4.78, 5) is 0.917. The van der Waals surface area contributed by atoms with Gasteiger partial charge in [-0.25, -0.2) is 0 Å². The SMILES string of the molecule is [CH]1CCCC1[Se]c1ccccc1. The first kappa shape index (κ1) is 8.34. The molecule has 0 amide bonds.